The molecule has 1 unspecified atom stereocenters. The molecule has 1 saturated carbocycles. The van der Waals surface area contributed by atoms with Gasteiger partial charge in [0.05, 0.1) is 12.2 Å². The molecule has 1 saturated heterocycles. The Hall–Kier alpha value is 0.440. The maximum Gasteiger partial charge on any atom is 0.0730 e. The van der Waals surface area contributed by atoms with Gasteiger partial charge >= 0.3 is 0 Å². The third kappa shape index (κ3) is 1.56. The Morgan fingerprint density at radius 1 is 1.33 bits per heavy atom. The smallest absolute Gasteiger partial charge is 0.0730 e. The van der Waals surface area contributed by atoms with Gasteiger partial charge in [-0.05, 0) is 39.0 Å². The highest BCUT2D eigenvalue weighted by atomic mass is 79.9. The Kier molecular flexibility index (Phi) is 2.24. The Labute approximate surface area is 83.0 Å². The fraction of sp³-hybridized carbons (Fsp3) is 1.00. The molecule has 0 aromatic heterocycles. The first-order valence-corrected chi connectivity index (χ1v) is 5.71. The Bertz CT molecular complexity index is 161. The van der Waals surface area contributed by atoms with Crippen molar-refractivity contribution in [3.05, 3.63) is 0 Å². The summed E-state index contributed by atoms with van der Waals surface area (Å²) in [4.78, 5) is 0. The van der Waals surface area contributed by atoms with Gasteiger partial charge in [0.2, 0.25) is 0 Å². The first kappa shape index (κ1) is 9.01. The average molecular weight is 233 g/mol. The van der Waals surface area contributed by atoms with E-state index in [0.29, 0.717) is 12.2 Å². The van der Waals surface area contributed by atoms with Gasteiger partial charge in [0.1, 0.15) is 0 Å². The van der Waals surface area contributed by atoms with E-state index >= 15 is 0 Å². The number of ether oxygens (including phenoxy) is 1. The average Bonchev–Trinajstić information content (AvgIpc) is 2.37. The van der Waals surface area contributed by atoms with E-state index in [0.717, 1.165) is 5.92 Å². The molecule has 2 aliphatic rings. The van der Waals surface area contributed by atoms with Crippen LogP contribution in [0.15, 0.2) is 0 Å². The lowest BCUT2D eigenvalue weighted by molar-refractivity contribution is 0.0271. The molecule has 0 spiro atoms. The first-order valence-electron chi connectivity index (χ1n) is 4.92. The third-order valence-electron chi connectivity index (χ3n) is 3.21. The summed E-state index contributed by atoms with van der Waals surface area (Å²) < 4.78 is 6.17. The second-order valence-electron chi connectivity index (χ2n) is 4.65. The molecule has 3 atom stereocenters. The van der Waals surface area contributed by atoms with Crippen LogP contribution in [-0.2, 0) is 4.74 Å². The van der Waals surface area contributed by atoms with Crippen molar-refractivity contribution in [2.24, 2.45) is 5.92 Å². The van der Waals surface area contributed by atoms with E-state index in [4.69, 9.17) is 4.74 Å². The quantitative estimate of drug-likeness (QED) is 0.632. The van der Waals surface area contributed by atoms with E-state index in [2.05, 4.69) is 29.8 Å². The normalized spacial score (nSPS) is 41.8. The number of halogens is 1. The van der Waals surface area contributed by atoms with E-state index in [-0.39, 0.29) is 4.32 Å². The fourth-order valence-electron chi connectivity index (χ4n) is 2.44. The van der Waals surface area contributed by atoms with Crippen molar-refractivity contribution >= 4 is 15.9 Å². The molecule has 70 valence electrons. The Morgan fingerprint density at radius 2 is 2.08 bits per heavy atom. The van der Waals surface area contributed by atoms with E-state index in [1.54, 1.807) is 0 Å². The standard InChI is InChI=1S/C10H17BrO/c1-10(2,11)9-6-7-4-3-5-8(7)12-9/h7-9H,3-6H2,1-2H3/t7-,8-,9?/m0/s1. The molecular formula is C10H17BrO. The summed E-state index contributed by atoms with van der Waals surface area (Å²) in [5.41, 5.74) is 0. The molecule has 0 aromatic carbocycles. The van der Waals surface area contributed by atoms with Crippen LogP contribution >= 0.6 is 15.9 Å². The lowest BCUT2D eigenvalue weighted by Gasteiger charge is -2.25. The minimum absolute atomic E-state index is 0.164. The van der Waals surface area contributed by atoms with Gasteiger partial charge in [0.25, 0.3) is 0 Å². The van der Waals surface area contributed by atoms with Gasteiger partial charge in [-0.25, -0.2) is 0 Å². The minimum Gasteiger partial charge on any atom is -0.373 e. The van der Waals surface area contributed by atoms with E-state index in [1.807, 2.05) is 0 Å². The highest BCUT2D eigenvalue weighted by Gasteiger charge is 2.43. The monoisotopic (exact) mass is 232 g/mol. The number of hydrogen-bond donors (Lipinski definition) is 0. The van der Waals surface area contributed by atoms with Crippen molar-refractivity contribution in [2.45, 2.75) is 56.1 Å². The summed E-state index contributed by atoms with van der Waals surface area (Å²) >= 11 is 3.69. The van der Waals surface area contributed by atoms with Crippen LogP contribution in [0.2, 0.25) is 0 Å². The van der Waals surface area contributed by atoms with Gasteiger partial charge in [-0.3, -0.25) is 0 Å². The lowest BCUT2D eigenvalue weighted by Crippen LogP contribution is -2.29. The number of alkyl halides is 1. The molecule has 2 fully saturated rings. The lowest BCUT2D eigenvalue weighted by atomic mass is 9.96. The van der Waals surface area contributed by atoms with E-state index in [9.17, 15) is 0 Å². The van der Waals surface area contributed by atoms with Crippen LogP contribution in [0.25, 0.3) is 0 Å². The van der Waals surface area contributed by atoms with Gasteiger partial charge in [0.15, 0.2) is 0 Å². The zero-order valence-corrected chi connectivity index (χ0v) is 9.43. The van der Waals surface area contributed by atoms with Crippen LogP contribution < -0.4 is 0 Å². The van der Waals surface area contributed by atoms with Crippen LogP contribution in [0.1, 0.15) is 39.5 Å². The summed E-state index contributed by atoms with van der Waals surface area (Å²) in [5, 5.41) is 0. The number of fused-ring (bicyclic) bond motifs is 1. The molecule has 0 radical (unpaired) electrons. The fourth-order valence-corrected chi connectivity index (χ4v) is 2.73. The van der Waals surface area contributed by atoms with Crippen molar-refractivity contribution in [2.75, 3.05) is 0 Å². The molecule has 1 nitrogen and oxygen atoms in total. The van der Waals surface area contributed by atoms with Crippen molar-refractivity contribution < 1.29 is 4.74 Å². The minimum atomic E-state index is 0.164. The summed E-state index contributed by atoms with van der Waals surface area (Å²) in [5.74, 6) is 0.867. The van der Waals surface area contributed by atoms with Crippen LogP contribution in [0, 0.1) is 5.92 Å². The summed E-state index contributed by atoms with van der Waals surface area (Å²) in [7, 11) is 0. The van der Waals surface area contributed by atoms with Gasteiger partial charge in [-0.1, -0.05) is 22.4 Å². The highest BCUT2D eigenvalue weighted by molar-refractivity contribution is 9.10. The molecule has 0 N–H and O–H groups in total. The summed E-state index contributed by atoms with van der Waals surface area (Å²) in [6, 6.07) is 0. The number of rotatable bonds is 1. The maximum atomic E-state index is 6.00. The van der Waals surface area contributed by atoms with Crippen LogP contribution in [0.4, 0.5) is 0 Å². The second-order valence-corrected chi connectivity index (χ2v) is 6.70. The second kappa shape index (κ2) is 2.98. The Morgan fingerprint density at radius 3 is 2.67 bits per heavy atom. The SMILES string of the molecule is CC(C)(Br)C1C[C@@H]2CCC[C@@H]2O1. The summed E-state index contributed by atoms with van der Waals surface area (Å²) in [6.07, 6.45) is 6.36. The predicted molar refractivity (Wildman–Crippen MR) is 53.6 cm³/mol. The molecular weight excluding hydrogens is 216 g/mol. The maximum absolute atomic E-state index is 6.00. The van der Waals surface area contributed by atoms with Crippen molar-refractivity contribution in [1.82, 2.24) is 0 Å². The molecule has 2 rings (SSSR count). The van der Waals surface area contributed by atoms with E-state index < -0.39 is 0 Å². The molecule has 1 aliphatic carbocycles. The molecule has 0 aromatic rings. The van der Waals surface area contributed by atoms with Gasteiger partial charge in [-0.15, -0.1) is 0 Å². The van der Waals surface area contributed by atoms with Crippen molar-refractivity contribution in [3.8, 4) is 0 Å². The van der Waals surface area contributed by atoms with Gasteiger partial charge < -0.3 is 4.74 Å². The van der Waals surface area contributed by atoms with E-state index in [1.165, 1.54) is 25.7 Å². The first-order chi connectivity index (χ1) is 5.57. The van der Waals surface area contributed by atoms with Gasteiger partial charge in [0, 0.05) is 4.32 Å². The predicted octanol–water partition coefficient (Wildman–Crippen LogP) is 3.12. The largest absolute Gasteiger partial charge is 0.373 e. The number of hydrogen-bond acceptors (Lipinski definition) is 1. The Balaban J connectivity index is 1.99. The van der Waals surface area contributed by atoms with Crippen LogP contribution in [0.5, 0.6) is 0 Å². The molecule has 0 bridgehead atoms. The van der Waals surface area contributed by atoms with Crippen LogP contribution in [-0.4, -0.2) is 16.5 Å². The van der Waals surface area contributed by atoms with Gasteiger partial charge in [-0.2, -0.15) is 0 Å². The molecule has 1 heterocycles. The van der Waals surface area contributed by atoms with Crippen LogP contribution in [0.3, 0.4) is 0 Å². The molecule has 1 aliphatic heterocycles. The zero-order chi connectivity index (χ0) is 8.77. The molecule has 2 heteroatoms. The topological polar surface area (TPSA) is 9.23 Å². The highest BCUT2D eigenvalue weighted by Crippen LogP contribution is 2.43. The molecule has 0 amide bonds. The van der Waals surface area contributed by atoms with Crippen molar-refractivity contribution in [1.29, 1.82) is 0 Å². The summed E-state index contributed by atoms with van der Waals surface area (Å²) in [6.45, 7) is 4.41. The zero-order valence-electron chi connectivity index (χ0n) is 7.85. The van der Waals surface area contributed by atoms with Crippen molar-refractivity contribution in [3.63, 3.8) is 0 Å². The third-order valence-corrected chi connectivity index (χ3v) is 3.72. The molecule has 12 heavy (non-hydrogen) atoms.